The number of amides is 2. The number of aromatic nitrogens is 1. The summed E-state index contributed by atoms with van der Waals surface area (Å²) in [5.41, 5.74) is 2.39. The summed E-state index contributed by atoms with van der Waals surface area (Å²) in [6.45, 7) is 3.71. The van der Waals surface area contributed by atoms with Gasteiger partial charge in [-0.05, 0) is 60.9 Å². The molecule has 1 aromatic carbocycles. The quantitative estimate of drug-likeness (QED) is 0.458. The second kappa shape index (κ2) is 11.1. The molecule has 1 aliphatic heterocycles. The third kappa shape index (κ3) is 6.80. The van der Waals surface area contributed by atoms with Crippen molar-refractivity contribution in [2.75, 3.05) is 6.61 Å². The van der Waals surface area contributed by atoms with Crippen molar-refractivity contribution in [3.63, 3.8) is 0 Å². The molecule has 0 spiro atoms. The fourth-order valence-corrected chi connectivity index (χ4v) is 4.26. The Labute approximate surface area is 201 Å². The molecule has 0 saturated carbocycles. The van der Waals surface area contributed by atoms with Crippen LogP contribution < -0.4 is 10.1 Å². The average Bonchev–Trinajstić information content (AvgIpc) is 3.06. The highest BCUT2D eigenvalue weighted by molar-refractivity contribution is 8.16. The van der Waals surface area contributed by atoms with Gasteiger partial charge >= 0.3 is 11.9 Å². The van der Waals surface area contributed by atoms with Gasteiger partial charge in [0.15, 0.2) is 6.10 Å². The van der Waals surface area contributed by atoms with Crippen LogP contribution in [0, 0.1) is 0 Å². The predicted molar refractivity (Wildman–Crippen MR) is 124 cm³/mol. The van der Waals surface area contributed by atoms with E-state index < -0.39 is 22.8 Å². The number of carboxylic acids is 1. The van der Waals surface area contributed by atoms with Gasteiger partial charge in [0.25, 0.3) is 5.24 Å². The number of nitrogens with one attached hydrogen (secondary N) is 1. The second-order valence-corrected chi connectivity index (χ2v) is 9.50. The van der Waals surface area contributed by atoms with Crippen molar-refractivity contribution in [2.24, 2.45) is 0 Å². The van der Waals surface area contributed by atoms with Gasteiger partial charge in [0.1, 0.15) is 17.1 Å². The first-order valence-corrected chi connectivity index (χ1v) is 11.6. The highest BCUT2D eigenvalue weighted by Gasteiger charge is 2.43. The number of esters is 1. The maximum absolute atomic E-state index is 12.1. The summed E-state index contributed by atoms with van der Waals surface area (Å²) in [6, 6.07) is 10.7. The average molecular weight is 487 g/mol. The predicted octanol–water partition coefficient (Wildman–Crippen LogP) is 3.46. The smallest absolute Gasteiger partial charge is 0.307 e. The Kier molecular flexibility index (Phi) is 8.27. The maximum Gasteiger partial charge on any atom is 0.307 e. The van der Waals surface area contributed by atoms with Crippen molar-refractivity contribution in [1.29, 1.82) is 0 Å². The van der Waals surface area contributed by atoms with E-state index in [-0.39, 0.29) is 30.6 Å². The van der Waals surface area contributed by atoms with E-state index in [2.05, 4.69) is 10.3 Å². The fraction of sp³-hybridized carbons (Fsp3) is 0.375. The van der Waals surface area contributed by atoms with E-state index >= 15 is 0 Å². The summed E-state index contributed by atoms with van der Waals surface area (Å²) in [7, 11) is 0. The van der Waals surface area contributed by atoms with E-state index in [9.17, 15) is 19.2 Å². The van der Waals surface area contributed by atoms with Crippen molar-refractivity contribution in [1.82, 2.24) is 10.3 Å². The minimum atomic E-state index is -1.08. The summed E-state index contributed by atoms with van der Waals surface area (Å²) in [5, 5.41) is 10.7. The van der Waals surface area contributed by atoms with Crippen molar-refractivity contribution in [2.45, 2.75) is 50.4 Å². The first kappa shape index (κ1) is 25.2. The number of hydrogen-bond acceptors (Lipinski definition) is 8. The van der Waals surface area contributed by atoms with Gasteiger partial charge in [-0.2, -0.15) is 0 Å². The van der Waals surface area contributed by atoms with Crippen LogP contribution in [0.15, 0.2) is 42.6 Å². The van der Waals surface area contributed by atoms with E-state index in [1.54, 1.807) is 43.5 Å². The Morgan fingerprint density at radius 2 is 1.82 bits per heavy atom. The number of carbonyl (C=O) groups excluding carboxylic acids is 3. The highest BCUT2D eigenvalue weighted by Crippen LogP contribution is 2.35. The summed E-state index contributed by atoms with van der Waals surface area (Å²) < 4.78 is 10.4. The number of carbonyl (C=O) groups is 4. The Bertz CT molecular complexity index is 1060. The van der Waals surface area contributed by atoms with Gasteiger partial charge in [0, 0.05) is 6.20 Å². The molecule has 1 aromatic heterocycles. The zero-order valence-electron chi connectivity index (χ0n) is 18.9. The van der Waals surface area contributed by atoms with Crippen LogP contribution in [-0.4, -0.2) is 44.5 Å². The third-order valence-corrected chi connectivity index (χ3v) is 6.35. The highest BCUT2D eigenvalue weighted by atomic mass is 32.2. The van der Waals surface area contributed by atoms with E-state index in [0.29, 0.717) is 17.9 Å². The lowest BCUT2D eigenvalue weighted by atomic mass is 9.99. The monoisotopic (exact) mass is 486 g/mol. The molecule has 3 rings (SSSR count). The number of ether oxygens (including phenoxy) is 2. The van der Waals surface area contributed by atoms with Crippen LogP contribution in [0.3, 0.4) is 0 Å². The summed E-state index contributed by atoms with van der Waals surface area (Å²) in [6.07, 6.45) is 1.51. The number of imide groups is 1. The third-order valence-electron chi connectivity index (χ3n) is 5.28. The van der Waals surface area contributed by atoms with Crippen molar-refractivity contribution >= 4 is 34.8 Å². The molecule has 2 heterocycles. The summed E-state index contributed by atoms with van der Waals surface area (Å²) in [4.78, 5) is 50.8. The first-order valence-electron chi connectivity index (χ1n) is 10.8. The van der Waals surface area contributed by atoms with Crippen molar-refractivity contribution in [3.05, 3.63) is 59.4 Å². The molecule has 2 aromatic rings. The molecule has 1 unspecified atom stereocenters. The van der Waals surface area contributed by atoms with Crippen LogP contribution in [0.4, 0.5) is 4.79 Å². The minimum Gasteiger partial charge on any atom is -0.489 e. The number of aryl methyl sites for hydroxylation is 1. The van der Waals surface area contributed by atoms with Crippen molar-refractivity contribution < 1.29 is 33.8 Å². The number of pyridine rings is 1. The second-order valence-electron chi connectivity index (χ2n) is 8.02. The molecule has 1 aliphatic rings. The number of nitrogens with zero attached hydrogens (tertiary/aromatic N) is 1. The van der Waals surface area contributed by atoms with Crippen molar-refractivity contribution in [3.8, 4) is 5.75 Å². The molecule has 10 heteroatoms. The van der Waals surface area contributed by atoms with Gasteiger partial charge in [0.05, 0.1) is 18.5 Å². The van der Waals surface area contributed by atoms with E-state index in [4.69, 9.17) is 14.6 Å². The van der Waals surface area contributed by atoms with Crippen LogP contribution in [0.25, 0.3) is 0 Å². The molecule has 0 radical (unpaired) electrons. The largest absolute Gasteiger partial charge is 0.489 e. The lowest BCUT2D eigenvalue weighted by molar-refractivity contribution is -0.153. The lowest BCUT2D eigenvalue weighted by Gasteiger charge is -2.20. The van der Waals surface area contributed by atoms with Gasteiger partial charge in [-0.1, -0.05) is 25.1 Å². The minimum absolute atomic E-state index is 0.0128. The number of hydrogen-bond donors (Lipinski definition) is 2. The van der Waals surface area contributed by atoms with Gasteiger partial charge in [-0.3, -0.25) is 29.5 Å². The fourth-order valence-electron chi connectivity index (χ4n) is 3.32. The molecule has 2 amide bonds. The molecule has 1 saturated heterocycles. The summed E-state index contributed by atoms with van der Waals surface area (Å²) >= 11 is 0.978. The standard InChI is InChI=1S/C24H26N2O7S/c1-3-15-6-9-18(25-13-15)19(33-21(29)11-10-20(27)28)14-32-17-7-4-16(5-8-17)12-24(2)22(30)26-23(31)34-24/h4-9,13,19H,3,10-12,14H2,1-2H3,(H,27,28)(H,26,30,31)/t19-,24?/m1/s1. The van der Waals surface area contributed by atoms with Crippen LogP contribution in [-0.2, 0) is 32.0 Å². The zero-order chi connectivity index (χ0) is 24.7. The maximum atomic E-state index is 12.1. The number of thioether (sulfide) groups is 1. The Morgan fingerprint density at radius 3 is 2.38 bits per heavy atom. The number of benzene rings is 1. The molecule has 9 nitrogen and oxygen atoms in total. The Morgan fingerprint density at radius 1 is 1.12 bits per heavy atom. The van der Waals surface area contributed by atoms with Crippen LogP contribution >= 0.6 is 11.8 Å². The molecular weight excluding hydrogens is 460 g/mol. The van der Waals surface area contributed by atoms with Gasteiger partial charge in [-0.15, -0.1) is 0 Å². The lowest BCUT2D eigenvalue weighted by Crippen LogP contribution is -2.35. The number of aliphatic carboxylic acids is 1. The zero-order valence-corrected chi connectivity index (χ0v) is 19.7. The molecular formula is C24H26N2O7S. The van der Waals surface area contributed by atoms with E-state index in [1.807, 2.05) is 13.0 Å². The summed E-state index contributed by atoms with van der Waals surface area (Å²) in [5.74, 6) is -1.52. The van der Waals surface area contributed by atoms with Gasteiger partial charge in [0.2, 0.25) is 5.91 Å². The number of carboxylic acid groups (broad SMARTS) is 1. The Balaban J connectivity index is 1.65. The van der Waals surface area contributed by atoms with Gasteiger partial charge in [-0.25, -0.2) is 0 Å². The number of rotatable bonds is 11. The molecule has 34 heavy (non-hydrogen) atoms. The first-order chi connectivity index (χ1) is 16.2. The molecule has 2 atom stereocenters. The molecule has 2 N–H and O–H groups in total. The van der Waals surface area contributed by atoms with Crippen LogP contribution in [0.5, 0.6) is 5.75 Å². The topological polar surface area (TPSA) is 132 Å². The molecule has 0 bridgehead atoms. The van der Waals surface area contributed by atoms with E-state index in [0.717, 1.165) is 29.3 Å². The molecule has 180 valence electrons. The normalized spacial score (nSPS) is 18.3. The van der Waals surface area contributed by atoms with Gasteiger partial charge < -0.3 is 14.6 Å². The van der Waals surface area contributed by atoms with Crippen LogP contribution in [0.1, 0.15) is 49.6 Å². The van der Waals surface area contributed by atoms with E-state index in [1.165, 1.54) is 0 Å². The van der Waals surface area contributed by atoms with Crippen LogP contribution in [0.2, 0.25) is 0 Å². The molecule has 0 aliphatic carbocycles. The molecule has 1 fully saturated rings. The SMILES string of the molecule is CCc1ccc([C@@H](COc2ccc(CC3(C)SC(=O)NC3=O)cc2)OC(=O)CCC(=O)O)nc1. The Hall–Kier alpha value is -3.40.